The summed E-state index contributed by atoms with van der Waals surface area (Å²) in [5.41, 5.74) is 0.554. The van der Waals surface area contributed by atoms with Gasteiger partial charge in [0.25, 0.3) is 5.91 Å². The average molecular weight is 362 g/mol. The molecule has 24 heavy (non-hydrogen) atoms. The molecule has 0 saturated heterocycles. The van der Waals surface area contributed by atoms with E-state index in [1.165, 1.54) is 18.4 Å². The first-order valence-corrected chi connectivity index (χ1v) is 9.25. The minimum atomic E-state index is -0.180. The molecule has 0 bridgehead atoms. The zero-order valence-electron chi connectivity index (χ0n) is 13.7. The average Bonchev–Trinajstić information content (AvgIpc) is 3.15. The summed E-state index contributed by atoms with van der Waals surface area (Å²) in [6.07, 6.45) is 1.62. The summed E-state index contributed by atoms with van der Waals surface area (Å²) < 4.78 is 6.19. The second kappa shape index (κ2) is 7.14. The van der Waals surface area contributed by atoms with Crippen LogP contribution in [0.3, 0.4) is 0 Å². The van der Waals surface area contributed by atoms with Crippen molar-refractivity contribution in [3.63, 3.8) is 0 Å². The molecule has 6 nitrogen and oxygen atoms in total. The van der Waals surface area contributed by atoms with Crippen molar-refractivity contribution in [3.05, 3.63) is 29.3 Å². The van der Waals surface area contributed by atoms with Gasteiger partial charge in [0.1, 0.15) is 10.5 Å². The predicted octanol–water partition coefficient (Wildman–Crippen LogP) is 3.86. The molecule has 0 aromatic carbocycles. The number of nitrogens with one attached hydrogen (secondary N) is 1. The highest BCUT2D eigenvalue weighted by molar-refractivity contribution is 7.29. The van der Waals surface area contributed by atoms with Gasteiger partial charge < -0.3 is 15.0 Å². The molecule has 8 heteroatoms. The Labute approximate surface area is 148 Å². The number of hydrogen-bond donors (Lipinski definition) is 1. The van der Waals surface area contributed by atoms with E-state index in [2.05, 4.69) is 34.0 Å². The van der Waals surface area contributed by atoms with Gasteiger partial charge in [-0.15, -0.1) is 11.3 Å². The summed E-state index contributed by atoms with van der Waals surface area (Å²) in [6.45, 7) is 6.06. The van der Waals surface area contributed by atoms with E-state index < -0.39 is 0 Å². The third-order valence-electron chi connectivity index (χ3n) is 3.55. The Balaban J connectivity index is 1.82. The van der Waals surface area contributed by atoms with Gasteiger partial charge in [-0.3, -0.25) is 4.79 Å². The minimum absolute atomic E-state index is 0.180. The predicted molar refractivity (Wildman–Crippen MR) is 99.8 cm³/mol. The smallest absolute Gasteiger partial charge is 0.266 e. The number of rotatable bonds is 6. The van der Waals surface area contributed by atoms with E-state index in [1.807, 2.05) is 6.07 Å². The molecule has 0 spiro atoms. The van der Waals surface area contributed by atoms with Crippen molar-refractivity contribution in [2.24, 2.45) is 0 Å². The molecule has 0 aliphatic rings. The number of aromatic nitrogens is 2. The summed E-state index contributed by atoms with van der Waals surface area (Å²) in [7, 11) is 1.53. The second-order valence-corrected chi connectivity index (χ2v) is 7.00. The summed E-state index contributed by atoms with van der Waals surface area (Å²) >= 11 is 3.01. The third kappa shape index (κ3) is 3.20. The first-order chi connectivity index (χ1) is 11.7. The molecule has 126 valence electrons. The largest absolute Gasteiger partial charge is 0.480 e. The van der Waals surface area contributed by atoms with Gasteiger partial charge >= 0.3 is 0 Å². The van der Waals surface area contributed by atoms with Crippen LogP contribution < -0.4 is 15.0 Å². The van der Waals surface area contributed by atoms with Crippen LogP contribution in [0, 0.1) is 0 Å². The van der Waals surface area contributed by atoms with Crippen LogP contribution in [0.15, 0.2) is 24.4 Å². The quantitative estimate of drug-likeness (QED) is 0.721. The molecule has 1 amide bonds. The number of methoxy groups -OCH3 is 1. The number of pyridine rings is 1. The zero-order valence-corrected chi connectivity index (χ0v) is 15.3. The molecular weight excluding hydrogens is 344 g/mol. The SMILES string of the molecule is CCN(CC)c1nc2sc(C(=O)Nc3cccnc3OC)cc2s1. The van der Waals surface area contributed by atoms with Gasteiger partial charge in [0.15, 0.2) is 5.13 Å². The number of fused-ring (bicyclic) bond motifs is 1. The molecule has 3 aromatic heterocycles. The van der Waals surface area contributed by atoms with Crippen LogP contribution in [-0.2, 0) is 0 Å². The van der Waals surface area contributed by atoms with E-state index >= 15 is 0 Å². The fourth-order valence-corrected chi connectivity index (χ4v) is 4.53. The summed E-state index contributed by atoms with van der Waals surface area (Å²) in [5.74, 6) is 0.215. The standard InChI is InChI=1S/C16H18N4O2S2/c1-4-20(5-2)16-19-15-12(24-16)9-11(23-15)13(21)18-10-7-6-8-17-14(10)22-3/h6-9H,4-5H2,1-3H3,(H,18,21). The monoisotopic (exact) mass is 362 g/mol. The Hall–Kier alpha value is -2.19. The highest BCUT2D eigenvalue weighted by atomic mass is 32.1. The maximum atomic E-state index is 12.5. The zero-order chi connectivity index (χ0) is 17.1. The van der Waals surface area contributed by atoms with E-state index in [0.717, 1.165) is 27.8 Å². The van der Waals surface area contributed by atoms with Gasteiger partial charge in [0.05, 0.1) is 16.7 Å². The van der Waals surface area contributed by atoms with Crippen molar-refractivity contribution in [2.45, 2.75) is 13.8 Å². The second-order valence-electron chi connectivity index (χ2n) is 4.96. The minimum Gasteiger partial charge on any atom is -0.480 e. The third-order valence-corrected chi connectivity index (χ3v) is 5.77. The number of carbonyl (C=O) groups excluding carboxylic acids is 1. The van der Waals surface area contributed by atoms with Gasteiger partial charge in [-0.25, -0.2) is 9.97 Å². The fraction of sp³-hybridized carbons (Fsp3) is 0.312. The summed E-state index contributed by atoms with van der Waals surface area (Å²) in [4.78, 5) is 24.9. The lowest BCUT2D eigenvalue weighted by atomic mass is 10.3. The molecular formula is C16H18N4O2S2. The molecule has 3 rings (SSSR count). The summed E-state index contributed by atoms with van der Waals surface area (Å²) in [5, 5.41) is 3.84. The first-order valence-electron chi connectivity index (χ1n) is 7.61. The lowest BCUT2D eigenvalue weighted by Gasteiger charge is -2.16. The van der Waals surface area contributed by atoms with Crippen molar-refractivity contribution < 1.29 is 9.53 Å². The Bertz CT molecular complexity index is 823. The van der Waals surface area contributed by atoms with E-state index in [1.54, 1.807) is 29.7 Å². The number of hydrogen-bond acceptors (Lipinski definition) is 7. The number of ether oxygens (including phenoxy) is 1. The fourth-order valence-electron chi connectivity index (χ4n) is 2.30. The molecule has 0 radical (unpaired) electrons. The van der Waals surface area contributed by atoms with Crippen LogP contribution in [-0.4, -0.2) is 36.1 Å². The van der Waals surface area contributed by atoms with Gasteiger partial charge in [-0.2, -0.15) is 0 Å². The maximum absolute atomic E-state index is 12.5. The van der Waals surface area contributed by atoms with Crippen LogP contribution in [0.25, 0.3) is 9.53 Å². The molecule has 0 unspecified atom stereocenters. The molecule has 1 N–H and O–H groups in total. The van der Waals surface area contributed by atoms with Crippen molar-refractivity contribution >= 4 is 48.9 Å². The van der Waals surface area contributed by atoms with Crippen LogP contribution in [0.2, 0.25) is 0 Å². The highest BCUT2D eigenvalue weighted by Gasteiger charge is 2.17. The van der Waals surface area contributed by atoms with Crippen molar-refractivity contribution in [3.8, 4) is 5.88 Å². The van der Waals surface area contributed by atoms with E-state index in [-0.39, 0.29) is 5.91 Å². The first kappa shape index (κ1) is 16.7. The number of anilines is 2. The van der Waals surface area contributed by atoms with Crippen LogP contribution >= 0.6 is 22.7 Å². The van der Waals surface area contributed by atoms with Gasteiger partial charge in [0.2, 0.25) is 5.88 Å². The number of carbonyl (C=O) groups is 1. The van der Waals surface area contributed by atoms with E-state index in [0.29, 0.717) is 16.4 Å². The molecule has 0 aliphatic carbocycles. The molecule has 0 saturated carbocycles. The summed E-state index contributed by atoms with van der Waals surface area (Å²) in [6, 6.07) is 5.41. The molecule has 0 aliphatic heterocycles. The van der Waals surface area contributed by atoms with Crippen LogP contribution in [0.4, 0.5) is 10.8 Å². The number of nitrogens with zero attached hydrogens (tertiary/aromatic N) is 3. The Kier molecular flexibility index (Phi) is 4.96. The number of thiophene rings is 1. The van der Waals surface area contributed by atoms with Gasteiger partial charge in [0, 0.05) is 19.3 Å². The Morgan fingerprint density at radius 3 is 2.79 bits per heavy atom. The number of amides is 1. The lowest BCUT2D eigenvalue weighted by Crippen LogP contribution is -2.21. The molecule has 3 aromatic rings. The maximum Gasteiger partial charge on any atom is 0.266 e. The number of thiazole rings is 1. The van der Waals surface area contributed by atoms with E-state index in [9.17, 15) is 4.79 Å². The van der Waals surface area contributed by atoms with Crippen LogP contribution in [0.5, 0.6) is 5.88 Å². The normalized spacial score (nSPS) is 10.8. The highest BCUT2D eigenvalue weighted by Crippen LogP contribution is 2.35. The van der Waals surface area contributed by atoms with Crippen molar-refractivity contribution in [2.75, 3.05) is 30.4 Å². The van der Waals surface area contributed by atoms with Gasteiger partial charge in [-0.1, -0.05) is 11.3 Å². The van der Waals surface area contributed by atoms with Crippen molar-refractivity contribution in [1.82, 2.24) is 9.97 Å². The Morgan fingerprint density at radius 2 is 2.12 bits per heavy atom. The van der Waals surface area contributed by atoms with Gasteiger partial charge in [-0.05, 0) is 32.0 Å². The molecule has 0 fully saturated rings. The Morgan fingerprint density at radius 1 is 1.33 bits per heavy atom. The lowest BCUT2D eigenvalue weighted by molar-refractivity contribution is 0.103. The van der Waals surface area contributed by atoms with E-state index in [4.69, 9.17) is 4.74 Å². The molecule has 0 atom stereocenters. The molecule has 3 heterocycles. The topological polar surface area (TPSA) is 67.4 Å². The van der Waals surface area contributed by atoms with Crippen molar-refractivity contribution in [1.29, 1.82) is 0 Å². The van der Waals surface area contributed by atoms with Crippen LogP contribution in [0.1, 0.15) is 23.5 Å².